The molecule has 180 valence electrons. The number of imidazole rings is 1. The number of hydrogen-bond donors (Lipinski definition) is 3. The maximum absolute atomic E-state index is 12.7. The summed E-state index contributed by atoms with van der Waals surface area (Å²) >= 11 is 0. The zero-order valence-corrected chi connectivity index (χ0v) is 19.9. The number of rotatable bonds is 6. The van der Waals surface area contributed by atoms with Crippen LogP contribution < -0.4 is 16.9 Å². The highest BCUT2D eigenvalue weighted by atomic mass is 16.2. The average molecular weight is 472 g/mol. The molecule has 3 aromatic rings. The lowest BCUT2D eigenvalue weighted by molar-refractivity contribution is 0.0990. The van der Waals surface area contributed by atoms with E-state index in [-0.39, 0.29) is 17.6 Å². The van der Waals surface area contributed by atoms with Gasteiger partial charge in [-0.25, -0.2) is 14.6 Å². The molecule has 4 rings (SSSR count). The Hall–Kier alpha value is -4.16. The van der Waals surface area contributed by atoms with Crippen LogP contribution in [0.1, 0.15) is 64.5 Å². The Bertz CT molecular complexity index is 1300. The van der Waals surface area contributed by atoms with Crippen molar-refractivity contribution in [1.29, 1.82) is 0 Å². The number of aryl methyl sites for hydroxylation is 1. The van der Waals surface area contributed by atoms with Crippen LogP contribution in [-0.2, 0) is 0 Å². The van der Waals surface area contributed by atoms with Gasteiger partial charge in [-0.2, -0.15) is 0 Å². The van der Waals surface area contributed by atoms with Gasteiger partial charge in [0.05, 0.1) is 12.6 Å². The number of benzene rings is 1. The third-order valence-corrected chi connectivity index (χ3v) is 6.12. The van der Waals surface area contributed by atoms with Crippen molar-refractivity contribution in [2.24, 2.45) is 5.73 Å². The van der Waals surface area contributed by atoms with Crippen molar-refractivity contribution in [1.82, 2.24) is 19.5 Å². The van der Waals surface area contributed by atoms with Crippen LogP contribution in [0.25, 0.3) is 11.3 Å². The predicted molar refractivity (Wildman–Crippen MR) is 135 cm³/mol. The molecule has 5 N–H and O–H groups in total. The van der Waals surface area contributed by atoms with Gasteiger partial charge in [-0.1, -0.05) is 24.5 Å². The molecule has 35 heavy (non-hydrogen) atoms. The second-order valence-corrected chi connectivity index (χ2v) is 8.56. The van der Waals surface area contributed by atoms with Gasteiger partial charge >= 0.3 is 0 Å². The van der Waals surface area contributed by atoms with Gasteiger partial charge in [-0.05, 0) is 63.1 Å². The molecule has 1 saturated heterocycles. The summed E-state index contributed by atoms with van der Waals surface area (Å²) < 4.78 is 1.31. The number of carbonyl (C=O) groups excluding carboxylic acids is 2. The molecule has 2 amide bonds. The largest absolute Gasteiger partial charge is 0.364 e. The molecule has 0 saturated carbocycles. The summed E-state index contributed by atoms with van der Waals surface area (Å²) in [5, 5.41) is 2.79. The van der Waals surface area contributed by atoms with E-state index in [9.17, 15) is 9.59 Å². The Morgan fingerprint density at radius 1 is 1.20 bits per heavy atom. The van der Waals surface area contributed by atoms with Gasteiger partial charge in [0.1, 0.15) is 17.3 Å². The third-order valence-electron chi connectivity index (χ3n) is 6.12. The first-order chi connectivity index (χ1) is 16.9. The SMILES string of the molecule is CC#CCN1CCCC[C@H]1c1nc(-c2ccc(C(=O)Nc3cc(C)ccn3)cc2)c(C(N)=O)n1N. The Kier molecular flexibility index (Phi) is 7.13. The van der Waals surface area contributed by atoms with Crippen molar-refractivity contribution >= 4 is 17.6 Å². The monoisotopic (exact) mass is 471 g/mol. The molecule has 1 fully saturated rings. The predicted octanol–water partition coefficient (Wildman–Crippen LogP) is 2.87. The molecule has 0 bridgehead atoms. The fraction of sp³-hybridized carbons (Fsp3) is 0.308. The van der Waals surface area contributed by atoms with Crippen molar-refractivity contribution in [3.8, 4) is 23.1 Å². The third kappa shape index (κ3) is 5.18. The molecule has 3 heterocycles. The zero-order chi connectivity index (χ0) is 24.9. The Morgan fingerprint density at radius 2 is 1.97 bits per heavy atom. The van der Waals surface area contributed by atoms with E-state index in [2.05, 4.69) is 27.0 Å². The quantitative estimate of drug-likeness (QED) is 0.374. The highest BCUT2D eigenvalue weighted by Gasteiger charge is 2.31. The number of nitrogen functional groups attached to an aromatic ring is 1. The van der Waals surface area contributed by atoms with Gasteiger partial charge in [0.25, 0.3) is 11.8 Å². The lowest BCUT2D eigenvalue weighted by atomic mass is 10.0. The first-order valence-corrected chi connectivity index (χ1v) is 11.5. The van der Waals surface area contributed by atoms with Crippen molar-refractivity contribution < 1.29 is 9.59 Å². The molecular formula is C26H29N7O2. The minimum atomic E-state index is -0.663. The number of aromatic nitrogens is 3. The summed E-state index contributed by atoms with van der Waals surface area (Å²) in [6, 6.07) is 10.4. The first-order valence-electron chi connectivity index (χ1n) is 11.5. The molecule has 1 atom stereocenters. The lowest BCUT2D eigenvalue weighted by Crippen LogP contribution is -2.37. The van der Waals surface area contributed by atoms with E-state index >= 15 is 0 Å². The van der Waals surface area contributed by atoms with E-state index in [4.69, 9.17) is 16.6 Å². The van der Waals surface area contributed by atoms with Gasteiger partial charge in [-0.3, -0.25) is 14.5 Å². The van der Waals surface area contributed by atoms with Crippen molar-refractivity contribution in [2.45, 2.75) is 39.2 Å². The van der Waals surface area contributed by atoms with Crippen LogP contribution in [0, 0.1) is 18.8 Å². The number of anilines is 1. The molecule has 0 unspecified atom stereocenters. The highest BCUT2D eigenvalue weighted by molar-refractivity contribution is 6.04. The molecule has 1 aromatic carbocycles. The first kappa shape index (κ1) is 24.0. The number of nitrogens with zero attached hydrogens (tertiary/aromatic N) is 4. The van der Waals surface area contributed by atoms with Crippen molar-refractivity contribution in [2.75, 3.05) is 24.2 Å². The molecule has 9 nitrogen and oxygen atoms in total. The summed E-state index contributed by atoms with van der Waals surface area (Å²) in [5.41, 5.74) is 8.32. The molecule has 1 aliphatic rings. The number of pyridine rings is 1. The highest BCUT2D eigenvalue weighted by Crippen LogP contribution is 2.33. The Morgan fingerprint density at radius 3 is 2.66 bits per heavy atom. The summed E-state index contributed by atoms with van der Waals surface area (Å²) in [6.07, 6.45) is 4.62. The molecular weight excluding hydrogens is 442 g/mol. The van der Waals surface area contributed by atoms with E-state index < -0.39 is 5.91 Å². The topological polar surface area (TPSA) is 132 Å². The molecule has 0 spiro atoms. The van der Waals surface area contributed by atoms with Crippen molar-refractivity contribution in [3.63, 3.8) is 0 Å². The van der Waals surface area contributed by atoms with E-state index in [0.717, 1.165) is 31.4 Å². The standard InChI is InChI=1S/C26H29N7O2/c1-3-4-14-32-15-6-5-7-20(32)25-31-22(23(24(27)34)33(25)28)18-8-10-19(11-9-18)26(35)30-21-16-17(2)12-13-29-21/h8-13,16,20H,5-7,14-15,28H2,1-2H3,(H2,27,34)(H,29,30,35)/t20-/m0/s1. The van der Waals surface area contributed by atoms with Crippen molar-refractivity contribution in [3.05, 3.63) is 65.2 Å². The van der Waals surface area contributed by atoms with Gasteiger partial charge in [0.15, 0.2) is 5.69 Å². The zero-order valence-electron chi connectivity index (χ0n) is 19.9. The number of hydrogen-bond acceptors (Lipinski definition) is 6. The van der Waals surface area contributed by atoms with Crippen LogP contribution in [0.3, 0.4) is 0 Å². The second-order valence-electron chi connectivity index (χ2n) is 8.56. The summed E-state index contributed by atoms with van der Waals surface area (Å²) in [7, 11) is 0. The number of nitrogens with two attached hydrogens (primary N) is 2. The molecule has 9 heteroatoms. The lowest BCUT2D eigenvalue weighted by Gasteiger charge is -2.33. The Labute approximate surface area is 204 Å². The smallest absolute Gasteiger partial charge is 0.269 e. The summed E-state index contributed by atoms with van der Waals surface area (Å²) in [5.74, 6) is 12.5. The van der Waals surface area contributed by atoms with Gasteiger partial charge in [-0.15, -0.1) is 5.92 Å². The number of carbonyl (C=O) groups is 2. The van der Waals surface area contributed by atoms with Crippen LogP contribution in [0.15, 0.2) is 42.6 Å². The van der Waals surface area contributed by atoms with Crippen LogP contribution in [0.2, 0.25) is 0 Å². The maximum Gasteiger partial charge on any atom is 0.269 e. The van der Waals surface area contributed by atoms with E-state index in [0.29, 0.717) is 35.0 Å². The summed E-state index contributed by atoms with van der Waals surface area (Å²) in [4.78, 5) is 36.2. The number of primary amides is 1. The maximum atomic E-state index is 12.7. The van der Waals surface area contributed by atoms with E-state index in [1.165, 1.54) is 4.68 Å². The number of nitrogens with one attached hydrogen (secondary N) is 1. The minimum absolute atomic E-state index is 0.0617. The molecule has 0 aliphatic carbocycles. The second kappa shape index (κ2) is 10.4. The molecule has 1 aliphatic heterocycles. The number of piperidine rings is 1. The van der Waals surface area contributed by atoms with Gasteiger partial charge < -0.3 is 16.9 Å². The normalized spacial score (nSPS) is 15.8. The van der Waals surface area contributed by atoms with E-state index in [1.54, 1.807) is 36.5 Å². The fourth-order valence-electron chi connectivity index (χ4n) is 4.35. The minimum Gasteiger partial charge on any atom is -0.364 e. The fourth-order valence-corrected chi connectivity index (χ4v) is 4.35. The van der Waals surface area contributed by atoms with Crippen LogP contribution in [0.5, 0.6) is 0 Å². The van der Waals surface area contributed by atoms with E-state index in [1.807, 2.05) is 19.9 Å². The molecule has 2 aromatic heterocycles. The summed E-state index contributed by atoms with van der Waals surface area (Å²) in [6.45, 7) is 5.23. The molecule has 0 radical (unpaired) electrons. The van der Waals surface area contributed by atoms with Crippen LogP contribution >= 0.6 is 0 Å². The number of amides is 2. The number of likely N-dealkylation sites (tertiary alicyclic amines) is 1. The van der Waals surface area contributed by atoms with Crippen LogP contribution in [0.4, 0.5) is 5.82 Å². The van der Waals surface area contributed by atoms with Gasteiger partial charge in [0.2, 0.25) is 0 Å². The average Bonchev–Trinajstić information content (AvgIpc) is 3.20. The van der Waals surface area contributed by atoms with Crippen LogP contribution in [-0.4, -0.2) is 44.4 Å². The van der Waals surface area contributed by atoms with Gasteiger partial charge in [0, 0.05) is 17.3 Å². The Balaban J connectivity index is 1.63.